The van der Waals surface area contributed by atoms with E-state index in [0.717, 1.165) is 12.5 Å². The maximum atomic E-state index is 13.0. The minimum Gasteiger partial charge on any atom is -0.488 e. The van der Waals surface area contributed by atoms with Crippen LogP contribution in [0.1, 0.15) is 20.3 Å². The minimum atomic E-state index is -0.653. The highest BCUT2D eigenvalue weighted by Gasteiger charge is 2.07. The normalized spacial score (nSPS) is 12.6. The summed E-state index contributed by atoms with van der Waals surface area (Å²) in [6, 6.07) is 3.30. The Bertz CT molecular complexity index is 286. The molecular weight excluding hydrogens is 174 g/mol. The summed E-state index contributed by atoms with van der Waals surface area (Å²) in [5.74, 6) is -1.13. The average Bonchev–Trinajstić information content (AvgIpc) is 2.09. The Hall–Kier alpha value is -1.12. The summed E-state index contributed by atoms with van der Waals surface area (Å²) >= 11 is 0. The van der Waals surface area contributed by atoms with Crippen molar-refractivity contribution in [3.05, 3.63) is 29.8 Å². The average molecular weight is 186 g/mol. The van der Waals surface area contributed by atoms with Crippen molar-refractivity contribution in [3.8, 4) is 5.75 Å². The number of benzene rings is 1. The van der Waals surface area contributed by atoms with E-state index in [0.29, 0.717) is 0 Å². The zero-order valence-electron chi connectivity index (χ0n) is 7.68. The zero-order valence-corrected chi connectivity index (χ0v) is 7.68. The van der Waals surface area contributed by atoms with Gasteiger partial charge in [0, 0.05) is 6.07 Å². The molecule has 0 aliphatic heterocycles. The molecule has 0 heterocycles. The van der Waals surface area contributed by atoms with Gasteiger partial charge >= 0.3 is 0 Å². The highest BCUT2D eigenvalue weighted by atomic mass is 19.1. The minimum absolute atomic E-state index is 0.0556. The molecule has 0 radical (unpaired) electrons. The Labute approximate surface area is 76.3 Å². The maximum absolute atomic E-state index is 13.0. The molecule has 13 heavy (non-hydrogen) atoms. The van der Waals surface area contributed by atoms with Crippen molar-refractivity contribution >= 4 is 0 Å². The lowest BCUT2D eigenvalue weighted by Gasteiger charge is -2.12. The summed E-state index contributed by atoms with van der Waals surface area (Å²) < 4.78 is 30.7. The van der Waals surface area contributed by atoms with Crippen molar-refractivity contribution in [3.63, 3.8) is 0 Å². The van der Waals surface area contributed by atoms with Gasteiger partial charge in [-0.15, -0.1) is 0 Å². The van der Waals surface area contributed by atoms with Gasteiger partial charge in [0.05, 0.1) is 6.10 Å². The lowest BCUT2D eigenvalue weighted by atomic mass is 10.3. The van der Waals surface area contributed by atoms with Crippen LogP contribution in [0, 0.1) is 11.6 Å². The van der Waals surface area contributed by atoms with E-state index in [2.05, 4.69) is 0 Å². The van der Waals surface area contributed by atoms with E-state index in [1.165, 1.54) is 12.1 Å². The summed E-state index contributed by atoms with van der Waals surface area (Å²) in [4.78, 5) is 0. The van der Waals surface area contributed by atoms with Gasteiger partial charge in [0.2, 0.25) is 0 Å². The lowest BCUT2D eigenvalue weighted by molar-refractivity contribution is 0.207. The number of ether oxygens (including phenoxy) is 1. The molecule has 0 bridgehead atoms. The van der Waals surface area contributed by atoms with E-state index in [1.54, 1.807) is 0 Å². The quantitative estimate of drug-likeness (QED) is 0.704. The van der Waals surface area contributed by atoms with Crippen LogP contribution >= 0.6 is 0 Å². The SMILES string of the molecule is CCC(C)Oc1ccc(F)cc1F. The van der Waals surface area contributed by atoms with Crippen molar-refractivity contribution in [1.29, 1.82) is 0 Å². The first kappa shape index (κ1) is 9.96. The molecular formula is C10H12F2O. The Morgan fingerprint density at radius 3 is 2.62 bits per heavy atom. The van der Waals surface area contributed by atoms with E-state index >= 15 is 0 Å². The number of rotatable bonds is 3. The molecule has 0 aromatic heterocycles. The van der Waals surface area contributed by atoms with E-state index in [-0.39, 0.29) is 11.9 Å². The largest absolute Gasteiger partial charge is 0.488 e. The first-order valence-electron chi connectivity index (χ1n) is 4.25. The van der Waals surface area contributed by atoms with E-state index < -0.39 is 11.6 Å². The van der Waals surface area contributed by atoms with Crippen LogP contribution in [0.25, 0.3) is 0 Å². The van der Waals surface area contributed by atoms with Crippen LogP contribution < -0.4 is 4.74 Å². The molecule has 1 nitrogen and oxygen atoms in total. The zero-order chi connectivity index (χ0) is 9.84. The first-order chi connectivity index (χ1) is 6.13. The van der Waals surface area contributed by atoms with Crippen LogP contribution in [0.3, 0.4) is 0 Å². The third kappa shape index (κ3) is 2.68. The van der Waals surface area contributed by atoms with Gasteiger partial charge in [0.1, 0.15) is 5.82 Å². The van der Waals surface area contributed by atoms with Crippen molar-refractivity contribution in [2.45, 2.75) is 26.4 Å². The Balaban J connectivity index is 2.77. The molecule has 0 amide bonds. The van der Waals surface area contributed by atoms with Gasteiger partial charge in [-0.25, -0.2) is 8.78 Å². The molecule has 72 valence electrons. The Kier molecular flexibility index (Phi) is 3.23. The highest BCUT2D eigenvalue weighted by Crippen LogP contribution is 2.19. The summed E-state index contributed by atoms with van der Waals surface area (Å²) in [7, 11) is 0. The van der Waals surface area contributed by atoms with Gasteiger partial charge in [-0.1, -0.05) is 6.92 Å². The predicted molar refractivity (Wildman–Crippen MR) is 46.7 cm³/mol. The number of halogens is 2. The van der Waals surface area contributed by atoms with Crippen LogP contribution in [0.4, 0.5) is 8.78 Å². The second-order valence-corrected chi connectivity index (χ2v) is 2.91. The van der Waals surface area contributed by atoms with Gasteiger partial charge in [0.15, 0.2) is 11.6 Å². The third-order valence-corrected chi connectivity index (χ3v) is 1.80. The second-order valence-electron chi connectivity index (χ2n) is 2.91. The van der Waals surface area contributed by atoms with Crippen molar-refractivity contribution in [2.75, 3.05) is 0 Å². The molecule has 0 fully saturated rings. The molecule has 3 heteroatoms. The topological polar surface area (TPSA) is 9.23 Å². The molecule has 0 aliphatic rings. The van der Waals surface area contributed by atoms with E-state index in [1.807, 2.05) is 13.8 Å². The van der Waals surface area contributed by atoms with Crippen LogP contribution in [0.2, 0.25) is 0 Å². The van der Waals surface area contributed by atoms with Gasteiger partial charge in [0.25, 0.3) is 0 Å². The maximum Gasteiger partial charge on any atom is 0.167 e. The van der Waals surface area contributed by atoms with Gasteiger partial charge in [-0.05, 0) is 25.5 Å². The van der Waals surface area contributed by atoms with Crippen molar-refractivity contribution < 1.29 is 13.5 Å². The van der Waals surface area contributed by atoms with E-state index in [4.69, 9.17) is 4.74 Å². The Morgan fingerprint density at radius 1 is 1.38 bits per heavy atom. The fraction of sp³-hybridized carbons (Fsp3) is 0.400. The summed E-state index contributed by atoms with van der Waals surface area (Å²) in [6.07, 6.45) is 0.733. The third-order valence-electron chi connectivity index (χ3n) is 1.80. The van der Waals surface area contributed by atoms with Crippen LogP contribution in [0.15, 0.2) is 18.2 Å². The monoisotopic (exact) mass is 186 g/mol. The fourth-order valence-corrected chi connectivity index (χ4v) is 0.871. The molecule has 1 aromatic carbocycles. The lowest BCUT2D eigenvalue weighted by Crippen LogP contribution is -2.10. The molecule has 0 saturated carbocycles. The molecule has 1 aromatic rings. The molecule has 1 unspecified atom stereocenters. The van der Waals surface area contributed by atoms with Crippen LogP contribution in [-0.2, 0) is 0 Å². The number of hydrogen-bond acceptors (Lipinski definition) is 1. The fourth-order valence-electron chi connectivity index (χ4n) is 0.871. The Morgan fingerprint density at radius 2 is 2.08 bits per heavy atom. The predicted octanol–water partition coefficient (Wildman–Crippen LogP) is 3.14. The van der Waals surface area contributed by atoms with Gasteiger partial charge in [-0.3, -0.25) is 0 Å². The van der Waals surface area contributed by atoms with Crippen molar-refractivity contribution in [2.24, 2.45) is 0 Å². The standard InChI is InChI=1S/C10H12F2O/c1-3-7(2)13-10-5-4-8(11)6-9(10)12/h4-7H,3H2,1-2H3. The van der Waals surface area contributed by atoms with Gasteiger partial charge in [-0.2, -0.15) is 0 Å². The summed E-state index contributed by atoms with van der Waals surface area (Å²) in [5.41, 5.74) is 0. The molecule has 0 saturated heterocycles. The summed E-state index contributed by atoms with van der Waals surface area (Å²) in [6.45, 7) is 3.77. The smallest absolute Gasteiger partial charge is 0.167 e. The van der Waals surface area contributed by atoms with Crippen LogP contribution in [-0.4, -0.2) is 6.10 Å². The van der Waals surface area contributed by atoms with Crippen LogP contribution in [0.5, 0.6) is 5.75 Å². The van der Waals surface area contributed by atoms with Crippen molar-refractivity contribution in [1.82, 2.24) is 0 Å². The molecule has 0 N–H and O–H groups in total. The van der Waals surface area contributed by atoms with Gasteiger partial charge < -0.3 is 4.74 Å². The molecule has 1 rings (SSSR count). The van der Waals surface area contributed by atoms with E-state index in [9.17, 15) is 8.78 Å². The first-order valence-corrected chi connectivity index (χ1v) is 4.25. The highest BCUT2D eigenvalue weighted by molar-refractivity contribution is 5.24. The molecule has 0 spiro atoms. The molecule has 0 aliphatic carbocycles. The summed E-state index contributed by atoms with van der Waals surface area (Å²) in [5, 5.41) is 0. The number of hydrogen-bond donors (Lipinski definition) is 0. The second kappa shape index (κ2) is 4.21. The molecule has 1 atom stereocenters.